The van der Waals surface area contributed by atoms with E-state index in [1.54, 1.807) is 6.92 Å². The second-order valence-corrected chi connectivity index (χ2v) is 3.04. The first-order chi connectivity index (χ1) is 6.05. The molecule has 0 aliphatic carbocycles. The van der Waals surface area contributed by atoms with E-state index in [0.29, 0.717) is 6.42 Å². The number of ether oxygens (including phenoxy) is 2. The minimum atomic E-state index is -1.36. The first-order valence-corrected chi connectivity index (χ1v) is 4.11. The van der Waals surface area contributed by atoms with Crippen molar-refractivity contribution in [1.82, 2.24) is 0 Å². The van der Waals surface area contributed by atoms with Crippen LogP contribution in [0.15, 0.2) is 0 Å². The highest BCUT2D eigenvalue weighted by atomic mass is 16.7. The Bertz CT molecular complexity index is 172. The van der Waals surface area contributed by atoms with Crippen LogP contribution >= 0.6 is 0 Å². The minimum absolute atomic E-state index is 0.338. The van der Waals surface area contributed by atoms with Crippen LogP contribution in [-0.4, -0.2) is 54.0 Å². The molecule has 1 aliphatic rings. The molecule has 5 nitrogen and oxygen atoms in total. The molecule has 2 radical (unpaired) electrons. The summed E-state index contributed by atoms with van der Waals surface area (Å²) in [5, 5.41) is 27.5. The van der Waals surface area contributed by atoms with Crippen molar-refractivity contribution in [2.75, 3.05) is 6.61 Å². The van der Waals surface area contributed by atoms with Crippen molar-refractivity contribution in [2.24, 2.45) is 0 Å². The first-order valence-electron chi connectivity index (χ1n) is 4.11. The molecule has 0 aromatic heterocycles. The highest BCUT2D eigenvalue weighted by Crippen LogP contribution is 2.28. The summed E-state index contributed by atoms with van der Waals surface area (Å²) in [5.74, 6) is 0. The topological polar surface area (TPSA) is 79.2 Å². The van der Waals surface area contributed by atoms with Gasteiger partial charge in [-0.25, -0.2) is 0 Å². The van der Waals surface area contributed by atoms with E-state index < -0.39 is 30.8 Å². The van der Waals surface area contributed by atoms with Crippen molar-refractivity contribution < 1.29 is 24.8 Å². The molecule has 3 N–H and O–H groups in total. The maximum Gasteiger partial charge on any atom is 0.189 e. The van der Waals surface area contributed by atoms with Gasteiger partial charge in [0.1, 0.15) is 13.4 Å². The number of aliphatic hydroxyl groups excluding tert-OH is 3. The zero-order valence-electron chi connectivity index (χ0n) is 7.38. The van der Waals surface area contributed by atoms with E-state index in [9.17, 15) is 5.11 Å². The lowest BCUT2D eigenvalue weighted by atomic mass is 9.92. The quantitative estimate of drug-likeness (QED) is 0.450. The van der Waals surface area contributed by atoms with E-state index in [2.05, 4.69) is 0 Å². The lowest BCUT2D eigenvalue weighted by Crippen LogP contribution is -2.59. The Morgan fingerprint density at radius 3 is 2.54 bits per heavy atom. The minimum Gasteiger partial charge on any atom is -0.393 e. The fourth-order valence-electron chi connectivity index (χ4n) is 1.21. The highest BCUT2D eigenvalue weighted by Gasteiger charge is 2.46. The Kier molecular flexibility index (Phi) is 3.31. The zero-order valence-corrected chi connectivity index (χ0v) is 7.38. The first kappa shape index (κ1) is 10.9. The van der Waals surface area contributed by atoms with Gasteiger partial charge in [0.15, 0.2) is 12.6 Å². The molecule has 13 heavy (non-hydrogen) atoms. The van der Waals surface area contributed by atoms with E-state index in [4.69, 9.17) is 27.5 Å². The molecule has 1 heterocycles. The number of aliphatic hydroxyl groups is 3. The summed E-state index contributed by atoms with van der Waals surface area (Å²) in [6.45, 7) is 1.30. The SMILES string of the molecule is [B][C@@H]1O[C@](CC)(CO)C(O)OC1O. The summed E-state index contributed by atoms with van der Waals surface area (Å²) in [4.78, 5) is 0. The van der Waals surface area contributed by atoms with Crippen molar-refractivity contribution in [3.8, 4) is 0 Å². The van der Waals surface area contributed by atoms with E-state index in [1.165, 1.54) is 0 Å². The molecule has 0 amide bonds. The normalized spacial score (nSPS) is 46.3. The molecule has 6 heteroatoms. The van der Waals surface area contributed by atoms with Gasteiger partial charge in [0, 0.05) is 0 Å². The Morgan fingerprint density at radius 1 is 1.46 bits per heavy atom. The van der Waals surface area contributed by atoms with Gasteiger partial charge >= 0.3 is 0 Å². The third-order valence-electron chi connectivity index (χ3n) is 2.24. The van der Waals surface area contributed by atoms with E-state index in [0.717, 1.165) is 0 Å². The van der Waals surface area contributed by atoms with Gasteiger partial charge in [0.25, 0.3) is 0 Å². The summed E-state index contributed by atoms with van der Waals surface area (Å²) in [5.41, 5.74) is -1.22. The zero-order chi connectivity index (χ0) is 10.1. The molecule has 0 bridgehead atoms. The summed E-state index contributed by atoms with van der Waals surface area (Å²) in [6.07, 6.45) is -2.39. The van der Waals surface area contributed by atoms with E-state index >= 15 is 0 Å². The van der Waals surface area contributed by atoms with Crippen molar-refractivity contribution in [3.63, 3.8) is 0 Å². The fraction of sp³-hybridized carbons (Fsp3) is 1.00. The summed E-state index contributed by atoms with van der Waals surface area (Å²) in [7, 11) is 5.35. The maximum absolute atomic E-state index is 9.38. The Morgan fingerprint density at radius 2 is 2.08 bits per heavy atom. The van der Waals surface area contributed by atoms with Gasteiger partial charge in [-0.05, 0) is 6.42 Å². The molecule has 0 aromatic carbocycles. The van der Waals surface area contributed by atoms with Crippen LogP contribution in [0.2, 0.25) is 0 Å². The molecule has 1 saturated heterocycles. The fourth-order valence-corrected chi connectivity index (χ4v) is 1.21. The smallest absolute Gasteiger partial charge is 0.189 e. The van der Waals surface area contributed by atoms with Crippen LogP contribution in [0.4, 0.5) is 0 Å². The van der Waals surface area contributed by atoms with E-state index in [1.807, 2.05) is 0 Å². The molecule has 74 valence electrons. The predicted octanol–water partition coefficient (Wildman–Crippen LogP) is -1.69. The lowest BCUT2D eigenvalue weighted by molar-refractivity contribution is -0.360. The van der Waals surface area contributed by atoms with E-state index in [-0.39, 0.29) is 0 Å². The van der Waals surface area contributed by atoms with Crippen LogP contribution in [-0.2, 0) is 9.47 Å². The largest absolute Gasteiger partial charge is 0.393 e. The second kappa shape index (κ2) is 3.94. The molecule has 0 saturated carbocycles. The van der Waals surface area contributed by atoms with Crippen LogP contribution in [0.3, 0.4) is 0 Å². The Hall–Kier alpha value is -0.135. The van der Waals surface area contributed by atoms with Gasteiger partial charge in [-0.3, -0.25) is 0 Å². The molecule has 1 aliphatic heterocycles. The van der Waals surface area contributed by atoms with Gasteiger partial charge < -0.3 is 24.8 Å². The van der Waals surface area contributed by atoms with Crippen LogP contribution in [0, 0.1) is 0 Å². The molecular weight excluding hydrogens is 175 g/mol. The van der Waals surface area contributed by atoms with Gasteiger partial charge in [-0.1, -0.05) is 6.92 Å². The van der Waals surface area contributed by atoms with Gasteiger partial charge in [0.2, 0.25) is 0 Å². The average Bonchev–Trinajstić information content (AvgIpc) is 2.12. The van der Waals surface area contributed by atoms with Crippen molar-refractivity contribution in [2.45, 2.75) is 37.5 Å². The standard InChI is InChI=1S/C7H13BO5/c1-2-7(3-9)6(11)12-5(10)4(8)13-7/h4-6,9-11H,2-3H2,1H3/t4-,5?,6?,7-/m1/s1. The average molecular weight is 188 g/mol. The Labute approximate surface area is 77.7 Å². The molecule has 1 fully saturated rings. The number of hydrogen-bond donors (Lipinski definition) is 3. The highest BCUT2D eigenvalue weighted by molar-refractivity contribution is 6.11. The van der Waals surface area contributed by atoms with Crippen LogP contribution in [0.1, 0.15) is 13.3 Å². The molecular formula is C7H13BO5. The van der Waals surface area contributed by atoms with Crippen LogP contribution in [0.5, 0.6) is 0 Å². The monoisotopic (exact) mass is 188 g/mol. The van der Waals surface area contributed by atoms with Gasteiger partial charge in [-0.2, -0.15) is 0 Å². The van der Waals surface area contributed by atoms with Gasteiger partial charge in [-0.15, -0.1) is 0 Å². The molecule has 0 aromatic rings. The predicted molar refractivity (Wildman–Crippen MR) is 43.8 cm³/mol. The Balaban J connectivity index is 2.74. The number of rotatable bonds is 2. The molecule has 2 unspecified atom stereocenters. The molecule has 1 rings (SSSR count). The molecule has 4 atom stereocenters. The van der Waals surface area contributed by atoms with Gasteiger partial charge in [0.05, 0.1) is 12.6 Å². The maximum atomic E-state index is 9.38. The van der Waals surface area contributed by atoms with Crippen molar-refractivity contribution in [3.05, 3.63) is 0 Å². The summed E-state index contributed by atoms with van der Waals surface area (Å²) < 4.78 is 9.80. The lowest BCUT2D eigenvalue weighted by Gasteiger charge is -2.44. The third kappa shape index (κ3) is 1.87. The summed E-state index contributed by atoms with van der Waals surface area (Å²) in [6, 6.07) is -1.05. The van der Waals surface area contributed by atoms with Crippen LogP contribution < -0.4 is 0 Å². The number of hydrogen-bond acceptors (Lipinski definition) is 5. The van der Waals surface area contributed by atoms with Crippen molar-refractivity contribution >= 4 is 7.85 Å². The second-order valence-electron chi connectivity index (χ2n) is 3.04. The molecule has 0 spiro atoms. The van der Waals surface area contributed by atoms with Crippen molar-refractivity contribution in [1.29, 1.82) is 0 Å². The van der Waals surface area contributed by atoms with Crippen LogP contribution in [0.25, 0.3) is 0 Å². The summed E-state index contributed by atoms with van der Waals surface area (Å²) >= 11 is 0. The third-order valence-corrected chi connectivity index (χ3v) is 2.24.